The predicted molar refractivity (Wildman–Crippen MR) is 106 cm³/mol. The number of nitrogens with zero attached hydrogens (tertiary/aromatic N) is 1. The van der Waals surface area contributed by atoms with Crippen LogP contribution in [0.25, 0.3) is 16.5 Å². The van der Waals surface area contributed by atoms with Crippen LogP contribution in [-0.2, 0) is 4.74 Å². The minimum Gasteiger partial charge on any atom is -0.494 e. The number of carbonyl (C=O) groups is 1. The molecule has 142 valence electrons. The van der Waals surface area contributed by atoms with E-state index in [1.807, 2.05) is 30.3 Å². The third-order valence-electron chi connectivity index (χ3n) is 5.08. The molecule has 0 saturated carbocycles. The molecule has 29 heavy (non-hydrogen) atoms. The van der Waals surface area contributed by atoms with Crippen LogP contribution < -0.4 is 11.2 Å². The number of ether oxygens (including phenoxy) is 1. The summed E-state index contributed by atoms with van der Waals surface area (Å²) in [6, 6.07) is 19.3. The molecule has 3 aromatic carbocycles. The molecule has 0 amide bonds. The molecule has 1 aromatic heterocycles. The van der Waals surface area contributed by atoms with Crippen molar-refractivity contribution >= 4 is 16.7 Å². The van der Waals surface area contributed by atoms with Crippen molar-refractivity contribution in [3.63, 3.8) is 0 Å². The monoisotopic (exact) mass is 386 g/mol. The lowest BCUT2D eigenvalue weighted by atomic mass is 10.0. The molecule has 0 aliphatic carbocycles. The topological polar surface area (TPSA) is 101 Å². The summed E-state index contributed by atoms with van der Waals surface area (Å²) >= 11 is 0. The van der Waals surface area contributed by atoms with E-state index >= 15 is 0 Å². The quantitative estimate of drug-likeness (QED) is 0.516. The summed E-state index contributed by atoms with van der Waals surface area (Å²) in [6.45, 7) is 0. The number of benzene rings is 3. The minimum atomic E-state index is -1.11. The van der Waals surface area contributed by atoms with Gasteiger partial charge in [0.1, 0.15) is 5.56 Å². The Kier molecular flexibility index (Phi) is 3.64. The van der Waals surface area contributed by atoms with Crippen molar-refractivity contribution in [2.75, 3.05) is 0 Å². The third-order valence-corrected chi connectivity index (χ3v) is 5.08. The lowest BCUT2D eigenvalue weighted by molar-refractivity contribution is 0.0449. The molecule has 0 radical (unpaired) electrons. The molecule has 2 heterocycles. The molecule has 0 fully saturated rings. The number of rotatable bonds is 2. The number of hydrogen-bond donors (Lipinski definition) is 2. The van der Waals surface area contributed by atoms with Crippen LogP contribution in [-0.4, -0.2) is 20.6 Å². The van der Waals surface area contributed by atoms with Gasteiger partial charge in [0.05, 0.1) is 11.3 Å². The Bertz CT molecular complexity index is 1410. The van der Waals surface area contributed by atoms with Gasteiger partial charge in [-0.25, -0.2) is 14.2 Å². The predicted octanol–water partition coefficient (Wildman–Crippen LogP) is 2.64. The number of cyclic esters (lactones) is 1. The van der Waals surface area contributed by atoms with Crippen LogP contribution in [0.2, 0.25) is 0 Å². The molecule has 7 nitrogen and oxygen atoms in total. The fraction of sp³-hybridized carbons (Fsp3) is 0.0455. The Labute approximate surface area is 163 Å². The van der Waals surface area contributed by atoms with E-state index in [1.165, 1.54) is 0 Å². The van der Waals surface area contributed by atoms with E-state index in [9.17, 15) is 19.5 Å². The average molecular weight is 386 g/mol. The van der Waals surface area contributed by atoms with Crippen molar-refractivity contribution in [3.05, 3.63) is 104 Å². The zero-order valence-corrected chi connectivity index (χ0v) is 15.0. The van der Waals surface area contributed by atoms with Crippen molar-refractivity contribution in [2.24, 2.45) is 0 Å². The molecule has 1 atom stereocenters. The van der Waals surface area contributed by atoms with Crippen molar-refractivity contribution in [1.82, 2.24) is 9.55 Å². The maximum atomic E-state index is 12.6. The minimum absolute atomic E-state index is 0.198. The number of hydrogen-bond acceptors (Lipinski definition) is 5. The Morgan fingerprint density at radius 1 is 0.897 bits per heavy atom. The van der Waals surface area contributed by atoms with E-state index in [0.29, 0.717) is 22.2 Å². The highest BCUT2D eigenvalue weighted by molar-refractivity contribution is 5.94. The van der Waals surface area contributed by atoms with Crippen LogP contribution in [0.1, 0.15) is 27.6 Å². The first kappa shape index (κ1) is 17.0. The molecule has 1 aliphatic rings. The summed E-state index contributed by atoms with van der Waals surface area (Å²) in [5.41, 5.74) is -0.610. The van der Waals surface area contributed by atoms with E-state index in [4.69, 9.17) is 4.74 Å². The van der Waals surface area contributed by atoms with Crippen LogP contribution in [0.5, 0.6) is 5.88 Å². The van der Waals surface area contributed by atoms with E-state index in [2.05, 4.69) is 4.98 Å². The summed E-state index contributed by atoms with van der Waals surface area (Å²) in [4.78, 5) is 39.6. The van der Waals surface area contributed by atoms with E-state index < -0.39 is 29.2 Å². The number of H-pyrrole nitrogens is 1. The van der Waals surface area contributed by atoms with Gasteiger partial charge >= 0.3 is 11.7 Å². The maximum Gasteiger partial charge on any atom is 0.339 e. The van der Waals surface area contributed by atoms with Gasteiger partial charge in [0.25, 0.3) is 5.56 Å². The molecule has 0 unspecified atom stereocenters. The summed E-state index contributed by atoms with van der Waals surface area (Å²) < 4.78 is 6.39. The fourth-order valence-electron chi connectivity index (χ4n) is 3.76. The lowest BCUT2D eigenvalue weighted by Crippen LogP contribution is -2.32. The van der Waals surface area contributed by atoms with E-state index in [1.54, 1.807) is 36.4 Å². The molecule has 7 heteroatoms. The molecule has 5 rings (SSSR count). The van der Waals surface area contributed by atoms with Gasteiger partial charge in [-0.3, -0.25) is 9.78 Å². The SMILES string of the molecule is O=C1O[C@H](c2c(O)n(-c3cccc4ccccc34)c(=O)[nH]c2=O)c2ccccc21. The summed E-state index contributed by atoms with van der Waals surface area (Å²) in [5, 5.41) is 12.6. The zero-order valence-electron chi connectivity index (χ0n) is 15.0. The van der Waals surface area contributed by atoms with Crippen LogP contribution in [0.4, 0.5) is 0 Å². The van der Waals surface area contributed by atoms with Crippen molar-refractivity contribution in [1.29, 1.82) is 0 Å². The van der Waals surface area contributed by atoms with Crippen LogP contribution in [0, 0.1) is 0 Å². The van der Waals surface area contributed by atoms with Gasteiger partial charge in [-0.1, -0.05) is 54.6 Å². The highest BCUT2D eigenvalue weighted by Crippen LogP contribution is 2.38. The maximum absolute atomic E-state index is 12.6. The highest BCUT2D eigenvalue weighted by Gasteiger charge is 2.36. The molecule has 1 aliphatic heterocycles. The molecule has 4 aromatic rings. The van der Waals surface area contributed by atoms with E-state index in [0.717, 1.165) is 9.95 Å². The van der Waals surface area contributed by atoms with Crippen LogP contribution in [0.15, 0.2) is 76.3 Å². The highest BCUT2D eigenvalue weighted by atomic mass is 16.5. The van der Waals surface area contributed by atoms with E-state index in [-0.39, 0.29) is 5.56 Å². The smallest absolute Gasteiger partial charge is 0.339 e. The number of aromatic hydroxyl groups is 1. The Morgan fingerprint density at radius 3 is 2.48 bits per heavy atom. The fourth-order valence-corrected chi connectivity index (χ4v) is 3.76. The number of aromatic amines is 1. The summed E-state index contributed by atoms with van der Waals surface area (Å²) in [6.07, 6.45) is -1.11. The van der Waals surface area contributed by atoms with Gasteiger partial charge in [0.2, 0.25) is 5.88 Å². The molecule has 0 saturated heterocycles. The first-order valence-electron chi connectivity index (χ1n) is 8.92. The van der Waals surface area contributed by atoms with Crippen molar-refractivity contribution < 1.29 is 14.6 Å². The van der Waals surface area contributed by atoms with Gasteiger partial charge in [-0.15, -0.1) is 0 Å². The Hall–Kier alpha value is -4.13. The number of esters is 1. The number of fused-ring (bicyclic) bond motifs is 2. The van der Waals surface area contributed by atoms with Gasteiger partial charge in [0, 0.05) is 10.9 Å². The van der Waals surface area contributed by atoms with Crippen molar-refractivity contribution in [2.45, 2.75) is 6.10 Å². The van der Waals surface area contributed by atoms with Gasteiger partial charge in [-0.2, -0.15) is 0 Å². The molecule has 0 bridgehead atoms. The van der Waals surface area contributed by atoms with Gasteiger partial charge in [-0.05, 0) is 17.5 Å². The number of aromatic nitrogens is 2. The standard InChI is InChI=1S/C22H14N2O5/c25-19-17(18-14-9-3-4-10-15(14)21(27)29-18)20(26)24(22(28)23-19)16-11-5-7-12-6-1-2-8-13(12)16/h1-11,18,26H,(H,23,25,28)/t18-/m0/s1. The number of carbonyl (C=O) groups excluding carboxylic acids is 1. The summed E-state index contributed by atoms with van der Waals surface area (Å²) in [7, 11) is 0. The second-order valence-corrected chi connectivity index (χ2v) is 6.70. The third kappa shape index (κ3) is 2.48. The molecular formula is C22H14N2O5. The van der Waals surface area contributed by atoms with Crippen LogP contribution >= 0.6 is 0 Å². The molecule has 2 N–H and O–H groups in total. The second-order valence-electron chi connectivity index (χ2n) is 6.70. The zero-order chi connectivity index (χ0) is 20.1. The Balaban J connectivity index is 1.80. The number of nitrogens with one attached hydrogen (secondary N) is 1. The van der Waals surface area contributed by atoms with Gasteiger partial charge in [0.15, 0.2) is 6.10 Å². The second kappa shape index (κ2) is 6.20. The van der Waals surface area contributed by atoms with Gasteiger partial charge < -0.3 is 9.84 Å². The Morgan fingerprint density at radius 2 is 1.62 bits per heavy atom. The summed E-state index contributed by atoms with van der Waals surface area (Å²) in [5.74, 6) is -1.16. The first-order valence-corrected chi connectivity index (χ1v) is 8.92. The lowest BCUT2D eigenvalue weighted by Gasteiger charge is -2.16. The molecular weight excluding hydrogens is 372 g/mol. The van der Waals surface area contributed by atoms with Crippen LogP contribution in [0.3, 0.4) is 0 Å². The largest absolute Gasteiger partial charge is 0.494 e. The first-order chi connectivity index (χ1) is 14.1. The normalized spacial score (nSPS) is 15.3. The average Bonchev–Trinajstić information content (AvgIpc) is 3.04. The molecule has 0 spiro atoms. The van der Waals surface area contributed by atoms with Crippen molar-refractivity contribution in [3.8, 4) is 11.6 Å².